The van der Waals surface area contributed by atoms with Gasteiger partial charge < -0.3 is 15.4 Å². The predicted molar refractivity (Wildman–Crippen MR) is 81.4 cm³/mol. The highest BCUT2D eigenvalue weighted by Crippen LogP contribution is 2.21. The van der Waals surface area contributed by atoms with Crippen LogP contribution < -0.4 is 10.5 Å². The molecule has 1 aromatic rings. The van der Waals surface area contributed by atoms with E-state index in [1.54, 1.807) is 6.07 Å². The van der Waals surface area contributed by atoms with Crippen LogP contribution in [0, 0.1) is 11.7 Å². The SMILES string of the molecule is CCC(C)CN(CC)CC(N)c1ccc(OC)c(F)c1. The van der Waals surface area contributed by atoms with Crippen LogP contribution in [0.2, 0.25) is 0 Å². The monoisotopic (exact) mass is 282 g/mol. The lowest BCUT2D eigenvalue weighted by Crippen LogP contribution is -2.35. The maximum Gasteiger partial charge on any atom is 0.165 e. The van der Waals surface area contributed by atoms with Crippen LogP contribution in [0.25, 0.3) is 0 Å². The van der Waals surface area contributed by atoms with E-state index in [0.717, 1.165) is 31.6 Å². The summed E-state index contributed by atoms with van der Waals surface area (Å²) in [6.07, 6.45) is 1.16. The molecule has 0 aliphatic heterocycles. The maximum absolute atomic E-state index is 13.7. The molecule has 2 unspecified atom stereocenters. The summed E-state index contributed by atoms with van der Waals surface area (Å²) in [5.74, 6) is 0.549. The number of hydrogen-bond acceptors (Lipinski definition) is 3. The van der Waals surface area contributed by atoms with Crippen LogP contribution in [-0.4, -0.2) is 31.6 Å². The molecule has 2 atom stereocenters. The Kier molecular flexibility index (Phi) is 6.96. The normalized spacial score (nSPS) is 14.3. The van der Waals surface area contributed by atoms with Crippen LogP contribution in [0.5, 0.6) is 5.75 Å². The van der Waals surface area contributed by atoms with E-state index in [9.17, 15) is 4.39 Å². The summed E-state index contributed by atoms with van der Waals surface area (Å²) in [6.45, 7) is 9.28. The summed E-state index contributed by atoms with van der Waals surface area (Å²) in [5.41, 5.74) is 7.01. The Morgan fingerprint density at radius 1 is 1.30 bits per heavy atom. The Morgan fingerprint density at radius 3 is 2.50 bits per heavy atom. The lowest BCUT2D eigenvalue weighted by Gasteiger charge is -2.27. The number of methoxy groups -OCH3 is 1. The summed E-state index contributed by atoms with van der Waals surface area (Å²) in [6, 6.07) is 4.76. The zero-order valence-electron chi connectivity index (χ0n) is 13.0. The third-order valence-electron chi connectivity index (χ3n) is 3.77. The molecule has 0 fully saturated rings. The molecule has 0 bridgehead atoms. The first kappa shape index (κ1) is 16.9. The number of nitrogens with two attached hydrogens (primary N) is 1. The van der Waals surface area contributed by atoms with Gasteiger partial charge in [0.25, 0.3) is 0 Å². The Hall–Kier alpha value is -1.13. The maximum atomic E-state index is 13.7. The molecule has 0 aliphatic rings. The molecule has 0 aliphatic carbocycles. The Balaban J connectivity index is 2.69. The van der Waals surface area contributed by atoms with E-state index in [2.05, 4.69) is 25.7 Å². The minimum atomic E-state index is -0.356. The minimum Gasteiger partial charge on any atom is -0.494 e. The van der Waals surface area contributed by atoms with Crippen LogP contribution >= 0.6 is 0 Å². The molecule has 0 radical (unpaired) electrons. The van der Waals surface area contributed by atoms with Crippen LogP contribution in [0.4, 0.5) is 4.39 Å². The van der Waals surface area contributed by atoms with E-state index in [1.807, 2.05) is 6.07 Å². The van der Waals surface area contributed by atoms with Gasteiger partial charge in [-0.1, -0.05) is 33.3 Å². The van der Waals surface area contributed by atoms with Crippen molar-refractivity contribution in [2.45, 2.75) is 33.2 Å². The lowest BCUT2D eigenvalue weighted by atomic mass is 10.0. The van der Waals surface area contributed by atoms with Crippen molar-refractivity contribution in [3.63, 3.8) is 0 Å². The number of rotatable bonds is 8. The average molecular weight is 282 g/mol. The first-order chi connectivity index (χ1) is 9.51. The molecule has 0 saturated carbocycles. The molecule has 1 aromatic carbocycles. The quantitative estimate of drug-likeness (QED) is 0.795. The average Bonchev–Trinajstić information content (AvgIpc) is 2.45. The number of likely N-dealkylation sites (N-methyl/N-ethyl adjacent to an activating group) is 1. The number of hydrogen-bond donors (Lipinski definition) is 1. The molecular weight excluding hydrogens is 255 g/mol. The van der Waals surface area contributed by atoms with Gasteiger partial charge in [-0.2, -0.15) is 0 Å². The second-order valence-electron chi connectivity index (χ2n) is 5.37. The zero-order valence-corrected chi connectivity index (χ0v) is 13.0. The Bertz CT molecular complexity index is 411. The first-order valence-electron chi connectivity index (χ1n) is 7.33. The van der Waals surface area contributed by atoms with Gasteiger partial charge in [0.1, 0.15) is 0 Å². The molecule has 1 rings (SSSR count). The van der Waals surface area contributed by atoms with Crippen LogP contribution in [0.1, 0.15) is 38.8 Å². The molecule has 20 heavy (non-hydrogen) atoms. The predicted octanol–water partition coefficient (Wildman–Crippen LogP) is 3.20. The number of nitrogens with zero attached hydrogens (tertiary/aromatic N) is 1. The van der Waals surface area contributed by atoms with Gasteiger partial charge in [0, 0.05) is 19.1 Å². The van der Waals surface area contributed by atoms with Crippen molar-refractivity contribution < 1.29 is 9.13 Å². The summed E-state index contributed by atoms with van der Waals surface area (Å²) >= 11 is 0. The van der Waals surface area contributed by atoms with Gasteiger partial charge in [0.2, 0.25) is 0 Å². The van der Waals surface area contributed by atoms with Crippen molar-refractivity contribution in [2.75, 3.05) is 26.7 Å². The van der Waals surface area contributed by atoms with Crippen LogP contribution in [0.15, 0.2) is 18.2 Å². The van der Waals surface area contributed by atoms with E-state index >= 15 is 0 Å². The van der Waals surface area contributed by atoms with Gasteiger partial charge in [-0.05, 0) is 30.2 Å². The first-order valence-corrected chi connectivity index (χ1v) is 7.33. The van der Waals surface area contributed by atoms with Crippen molar-refractivity contribution >= 4 is 0 Å². The van der Waals surface area contributed by atoms with E-state index in [0.29, 0.717) is 5.92 Å². The zero-order chi connectivity index (χ0) is 15.1. The van der Waals surface area contributed by atoms with Gasteiger partial charge in [0.15, 0.2) is 11.6 Å². The molecule has 114 valence electrons. The fourth-order valence-corrected chi connectivity index (χ4v) is 2.20. The summed E-state index contributed by atoms with van der Waals surface area (Å²) < 4.78 is 18.6. The molecule has 2 N–H and O–H groups in total. The Labute approximate surface area is 121 Å². The van der Waals surface area contributed by atoms with Crippen molar-refractivity contribution in [3.8, 4) is 5.75 Å². The highest BCUT2D eigenvalue weighted by atomic mass is 19.1. The van der Waals surface area contributed by atoms with Gasteiger partial charge in [-0.15, -0.1) is 0 Å². The number of halogens is 1. The third-order valence-corrected chi connectivity index (χ3v) is 3.77. The van der Waals surface area contributed by atoms with Gasteiger partial charge in [0.05, 0.1) is 7.11 Å². The summed E-state index contributed by atoms with van der Waals surface area (Å²) in [7, 11) is 1.46. The smallest absolute Gasteiger partial charge is 0.165 e. The second-order valence-corrected chi connectivity index (χ2v) is 5.37. The van der Waals surface area contributed by atoms with Crippen LogP contribution in [0.3, 0.4) is 0 Å². The molecule has 0 amide bonds. The topological polar surface area (TPSA) is 38.5 Å². The standard InChI is InChI=1S/C16H27FN2O/c1-5-12(3)10-19(6-2)11-15(18)13-7-8-16(20-4)14(17)9-13/h7-9,12,15H,5-6,10-11,18H2,1-4H3. The highest BCUT2D eigenvalue weighted by molar-refractivity contribution is 5.31. The molecule has 4 heteroatoms. The minimum absolute atomic E-state index is 0.181. The summed E-state index contributed by atoms with van der Waals surface area (Å²) in [4.78, 5) is 2.32. The third kappa shape index (κ3) is 4.76. The molecule has 0 heterocycles. The largest absolute Gasteiger partial charge is 0.494 e. The van der Waals surface area contributed by atoms with Gasteiger partial charge in [-0.25, -0.2) is 4.39 Å². The van der Waals surface area contributed by atoms with E-state index in [4.69, 9.17) is 10.5 Å². The van der Waals surface area contributed by atoms with Crippen molar-refractivity contribution in [1.82, 2.24) is 4.90 Å². The van der Waals surface area contributed by atoms with Crippen molar-refractivity contribution in [3.05, 3.63) is 29.6 Å². The summed E-state index contributed by atoms with van der Waals surface area (Å²) in [5, 5.41) is 0. The molecular formula is C16H27FN2O. The van der Waals surface area contributed by atoms with E-state index < -0.39 is 0 Å². The fraction of sp³-hybridized carbons (Fsp3) is 0.625. The fourth-order valence-electron chi connectivity index (χ4n) is 2.20. The number of benzene rings is 1. The van der Waals surface area contributed by atoms with Gasteiger partial charge in [-0.3, -0.25) is 0 Å². The van der Waals surface area contributed by atoms with Crippen molar-refractivity contribution in [1.29, 1.82) is 0 Å². The molecule has 0 aromatic heterocycles. The molecule has 0 saturated heterocycles. The van der Waals surface area contributed by atoms with Crippen LogP contribution in [-0.2, 0) is 0 Å². The van der Waals surface area contributed by atoms with E-state index in [1.165, 1.54) is 13.2 Å². The number of ether oxygens (including phenoxy) is 1. The molecule has 3 nitrogen and oxygen atoms in total. The van der Waals surface area contributed by atoms with Crippen molar-refractivity contribution in [2.24, 2.45) is 11.7 Å². The van der Waals surface area contributed by atoms with E-state index in [-0.39, 0.29) is 17.6 Å². The van der Waals surface area contributed by atoms with Gasteiger partial charge >= 0.3 is 0 Å². The molecule has 0 spiro atoms. The second kappa shape index (κ2) is 8.22. The Morgan fingerprint density at radius 2 is 2.00 bits per heavy atom. The lowest BCUT2D eigenvalue weighted by molar-refractivity contribution is 0.232. The highest BCUT2D eigenvalue weighted by Gasteiger charge is 2.15.